The van der Waals surface area contributed by atoms with Gasteiger partial charge in [-0.25, -0.2) is 9.18 Å². The van der Waals surface area contributed by atoms with Crippen molar-refractivity contribution in [3.8, 4) is 5.75 Å². The second-order valence-electron chi connectivity index (χ2n) is 7.13. The molecule has 2 atom stereocenters. The number of nitrogens with one attached hydrogen (secondary N) is 2. The predicted octanol–water partition coefficient (Wildman–Crippen LogP) is 1.69. The van der Waals surface area contributed by atoms with E-state index in [1.54, 1.807) is 6.07 Å². The third kappa shape index (κ3) is 7.27. The minimum absolute atomic E-state index is 0.0306. The fourth-order valence-electron chi connectivity index (χ4n) is 3.22. The molecule has 0 aliphatic rings. The monoisotopic (exact) mass is 461 g/mol. The van der Waals surface area contributed by atoms with E-state index in [1.165, 1.54) is 50.4 Å². The molecule has 2 N–H and O–H groups in total. The van der Waals surface area contributed by atoms with Crippen molar-refractivity contribution in [1.29, 1.82) is 0 Å². The minimum Gasteiger partial charge on any atom is -0.496 e. The third-order valence-electron chi connectivity index (χ3n) is 4.72. The van der Waals surface area contributed by atoms with Crippen LogP contribution in [-0.4, -0.2) is 49.0 Å². The summed E-state index contributed by atoms with van der Waals surface area (Å²) in [6, 6.07) is 7.07. The second-order valence-corrected chi connectivity index (χ2v) is 7.13. The Kier molecular flexibility index (Phi) is 8.84. The van der Waals surface area contributed by atoms with Gasteiger partial charge in [0, 0.05) is 37.5 Å². The number of halogens is 1. The fraction of sp³-hybridized carbons (Fsp3) is 0.318. The summed E-state index contributed by atoms with van der Waals surface area (Å²) in [6.07, 6.45) is -0.201. The van der Waals surface area contributed by atoms with E-state index < -0.39 is 40.6 Å². The average Bonchev–Trinajstić information content (AvgIpc) is 2.77. The van der Waals surface area contributed by atoms with Crippen molar-refractivity contribution >= 4 is 23.5 Å². The molecule has 10 nitrogen and oxygen atoms in total. The van der Waals surface area contributed by atoms with Crippen molar-refractivity contribution in [2.75, 3.05) is 14.2 Å². The molecule has 0 aromatic heterocycles. The number of methoxy groups -OCH3 is 2. The maximum absolute atomic E-state index is 13.5. The van der Waals surface area contributed by atoms with Crippen LogP contribution in [0.25, 0.3) is 0 Å². The number of amides is 2. The summed E-state index contributed by atoms with van der Waals surface area (Å²) < 4.78 is 23.5. The number of esters is 1. The summed E-state index contributed by atoms with van der Waals surface area (Å²) in [5, 5.41) is 16.1. The Hall–Kier alpha value is -4.02. The Bertz CT molecular complexity index is 1040. The van der Waals surface area contributed by atoms with E-state index in [-0.39, 0.29) is 24.3 Å². The molecule has 0 fully saturated rings. The molecule has 2 rings (SSSR count). The number of benzene rings is 2. The number of non-ortho nitro benzene ring substituents is 1. The van der Waals surface area contributed by atoms with Gasteiger partial charge in [-0.3, -0.25) is 19.7 Å². The van der Waals surface area contributed by atoms with Gasteiger partial charge in [0.2, 0.25) is 11.8 Å². The quantitative estimate of drug-likeness (QED) is 0.312. The zero-order valence-corrected chi connectivity index (χ0v) is 18.3. The molecule has 33 heavy (non-hydrogen) atoms. The number of hydrogen-bond acceptors (Lipinski definition) is 7. The molecular formula is C22H24FN3O7. The van der Waals surface area contributed by atoms with E-state index in [0.29, 0.717) is 11.1 Å². The number of hydrogen-bond donors (Lipinski definition) is 2. The molecule has 176 valence electrons. The Labute approximate surface area is 189 Å². The Morgan fingerprint density at radius 2 is 1.79 bits per heavy atom. The van der Waals surface area contributed by atoms with Crippen LogP contribution in [0, 0.1) is 15.9 Å². The van der Waals surface area contributed by atoms with Crippen molar-refractivity contribution in [2.24, 2.45) is 0 Å². The number of carbonyl (C=O) groups excluding carboxylic acids is 3. The largest absolute Gasteiger partial charge is 0.496 e. The fourth-order valence-corrected chi connectivity index (χ4v) is 3.22. The summed E-state index contributed by atoms with van der Waals surface area (Å²) in [5.41, 5.74) is 0.533. The molecule has 0 saturated heterocycles. The summed E-state index contributed by atoms with van der Waals surface area (Å²) in [4.78, 5) is 47.5. The molecule has 2 aromatic rings. The zero-order valence-electron chi connectivity index (χ0n) is 18.3. The van der Waals surface area contributed by atoms with Crippen molar-refractivity contribution in [2.45, 2.75) is 31.8 Å². The summed E-state index contributed by atoms with van der Waals surface area (Å²) in [6.45, 7) is 1.22. The standard InChI is InChI=1S/C22H24FN3O7/c1-13(27)24-18(10-14-5-4-6-16(23)9-14)21(28)25-19(22(29)33-3)12-15-11-17(26(30)31)7-8-20(15)32-2/h4-9,11,18-19H,10,12H2,1-3H3,(H,24,27)(H,25,28)/t18-,19-/m0/s1. The lowest BCUT2D eigenvalue weighted by atomic mass is 10.0. The molecule has 0 spiro atoms. The normalized spacial score (nSPS) is 12.2. The van der Waals surface area contributed by atoms with Gasteiger partial charge in [-0.1, -0.05) is 12.1 Å². The van der Waals surface area contributed by atoms with Gasteiger partial charge in [0.05, 0.1) is 19.1 Å². The van der Waals surface area contributed by atoms with E-state index in [4.69, 9.17) is 9.47 Å². The van der Waals surface area contributed by atoms with E-state index in [0.717, 1.165) is 7.11 Å². The van der Waals surface area contributed by atoms with Crippen LogP contribution in [0.4, 0.5) is 10.1 Å². The molecule has 2 amide bonds. The van der Waals surface area contributed by atoms with Gasteiger partial charge in [-0.05, 0) is 23.8 Å². The van der Waals surface area contributed by atoms with Crippen molar-refractivity contribution in [3.05, 3.63) is 69.5 Å². The van der Waals surface area contributed by atoms with Gasteiger partial charge >= 0.3 is 5.97 Å². The zero-order chi connectivity index (χ0) is 24.5. The van der Waals surface area contributed by atoms with Gasteiger partial charge in [0.25, 0.3) is 5.69 Å². The van der Waals surface area contributed by atoms with Crippen LogP contribution in [0.3, 0.4) is 0 Å². The van der Waals surface area contributed by atoms with Gasteiger partial charge < -0.3 is 20.1 Å². The number of rotatable bonds is 10. The SMILES string of the molecule is COC(=O)[C@H](Cc1cc([N+](=O)[O-])ccc1OC)NC(=O)[C@H](Cc1cccc(F)c1)NC(C)=O. The van der Waals surface area contributed by atoms with Crippen LogP contribution in [0.1, 0.15) is 18.1 Å². The molecule has 0 unspecified atom stereocenters. The number of nitro groups is 1. The molecular weight excluding hydrogens is 437 g/mol. The van der Waals surface area contributed by atoms with Crippen LogP contribution in [-0.2, 0) is 32.0 Å². The van der Waals surface area contributed by atoms with Crippen LogP contribution in [0.5, 0.6) is 5.75 Å². The van der Waals surface area contributed by atoms with Gasteiger partial charge in [0.15, 0.2) is 0 Å². The van der Waals surface area contributed by atoms with E-state index in [9.17, 15) is 28.9 Å². The van der Waals surface area contributed by atoms with Crippen LogP contribution >= 0.6 is 0 Å². The highest BCUT2D eigenvalue weighted by atomic mass is 19.1. The molecule has 0 bridgehead atoms. The van der Waals surface area contributed by atoms with Crippen molar-refractivity contribution in [1.82, 2.24) is 10.6 Å². The molecule has 11 heteroatoms. The van der Waals surface area contributed by atoms with Crippen molar-refractivity contribution < 1.29 is 33.2 Å². The molecule has 0 saturated carbocycles. The second kappa shape index (κ2) is 11.6. The smallest absolute Gasteiger partial charge is 0.328 e. The maximum atomic E-state index is 13.5. The first-order valence-corrected chi connectivity index (χ1v) is 9.85. The molecule has 0 aliphatic carbocycles. The number of nitro benzene ring substituents is 1. The predicted molar refractivity (Wildman–Crippen MR) is 115 cm³/mol. The number of nitrogens with zero attached hydrogens (tertiary/aromatic N) is 1. The Morgan fingerprint density at radius 3 is 2.36 bits per heavy atom. The summed E-state index contributed by atoms with van der Waals surface area (Å²) in [5.74, 6) is -2.23. The third-order valence-corrected chi connectivity index (χ3v) is 4.72. The lowest BCUT2D eigenvalue weighted by Gasteiger charge is -2.22. The van der Waals surface area contributed by atoms with Gasteiger partial charge in [-0.15, -0.1) is 0 Å². The molecule has 0 heterocycles. The highest BCUT2D eigenvalue weighted by molar-refractivity contribution is 5.90. The molecule has 0 aliphatic heterocycles. The van der Waals surface area contributed by atoms with Crippen LogP contribution in [0.15, 0.2) is 42.5 Å². The number of carbonyl (C=O) groups is 3. The topological polar surface area (TPSA) is 137 Å². The van der Waals surface area contributed by atoms with Gasteiger partial charge in [-0.2, -0.15) is 0 Å². The lowest BCUT2D eigenvalue weighted by molar-refractivity contribution is -0.384. The Balaban J connectivity index is 2.29. The summed E-state index contributed by atoms with van der Waals surface area (Å²) >= 11 is 0. The first-order chi connectivity index (χ1) is 15.6. The number of ether oxygens (including phenoxy) is 2. The highest BCUT2D eigenvalue weighted by Crippen LogP contribution is 2.25. The van der Waals surface area contributed by atoms with Gasteiger partial charge in [0.1, 0.15) is 23.7 Å². The maximum Gasteiger partial charge on any atom is 0.328 e. The van der Waals surface area contributed by atoms with Crippen molar-refractivity contribution in [3.63, 3.8) is 0 Å². The lowest BCUT2D eigenvalue weighted by Crippen LogP contribution is -2.53. The van der Waals surface area contributed by atoms with E-state index in [2.05, 4.69) is 10.6 Å². The Morgan fingerprint density at radius 1 is 1.06 bits per heavy atom. The van der Waals surface area contributed by atoms with E-state index >= 15 is 0 Å². The van der Waals surface area contributed by atoms with Crippen LogP contribution < -0.4 is 15.4 Å². The highest BCUT2D eigenvalue weighted by Gasteiger charge is 2.28. The first kappa shape index (κ1) is 25.2. The summed E-state index contributed by atoms with van der Waals surface area (Å²) in [7, 11) is 2.49. The average molecular weight is 461 g/mol. The van der Waals surface area contributed by atoms with Crippen LogP contribution in [0.2, 0.25) is 0 Å². The molecule has 0 radical (unpaired) electrons. The molecule has 2 aromatic carbocycles. The minimum atomic E-state index is -1.23. The first-order valence-electron chi connectivity index (χ1n) is 9.85. The van der Waals surface area contributed by atoms with E-state index in [1.807, 2.05) is 0 Å².